The second-order valence-electron chi connectivity index (χ2n) is 5.37. The zero-order valence-electron chi connectivity index (χ0n) is 12.3. The van der Waals surface area contributed by atoms with Gasteiger partial charge in [-0.15, -0.1) is 11.3 Å². The summed E-state index contributed by atoms with van der Waals surface area (Å²) in [5, 5.41) is 1.98. The molecule has 3 heterocycles. The summed E-state index contributed by atoms with van der Waals surface area (Å²) in [5.74, 6) is 0. The summed E-state index contributed by atoms with van der Waals surface area (Å²) in [6, 6.07) is 4.00. The van der Waals surface area contributed by atoms with Gasteiger partial charge in [0.2, 0.25) is 0 Å². The van der Waals surface area contributed by atoms with Gasteiger partial charge in [-0.25, -0.2) is 4.98 Å². The number of aromatic nitrogens is 3. The zero-order chi connectivity index (χ0) is 15.0. The third kappa shape index (κ3) is 2.49. The van der Waals surface area contributed by atoms with Gasteiger partial charge >= 0.3 is 0 Å². The van der Waals surface area contributed by atoms with Crippen LogP contribution in [-0.2, 0) is 6.42 Å². The van der Waals surface area contributed by atoms with E-state index < -0.39 is 0 Å². The largest absolute Gasteiger partial charge is 0.295 e. The molecule has 0 aliphatic rings. The minimum atomic E-state index is 0.0328. The molecule has 4 nitrogen and oxygen atoms in total. The molecule has 3 rings (SSSR count). The lowest BCUT2D eigenvalue weighted by Crippen LogP contribution is -2.24. The Labute approximate surface area is 127 Å². The Morgan fingerprint density at radius 2 is 2.10 bits per heavy atom. The molecule has 0 N–H and O–H groups in total. The van der Waals surface area contributed by atoms with Crippen molar-refractivity contribution < 1.29 is 0 Å². The van der Waals surface area contributed by atoms with Gasteiger partial charge in [0.25, 0.3) is 5.56 Å². The van der Waals surface area contributed by atoms with Gasteiger partial charge in [0.15, 0.2) is 0 Å². The van der Waals surface area contributed by atoms with Gasteiger partial charge in [-0.2, -0.15) is 0 Å². The molecule has 0 amide bonds. The minimum absolute atomic E-state index is 0.0328. The Morgan fingerprint density at radius 1 is 1.29 bits per heavy atom. The van der Waals surface area contributed by atoms with Crippen LogP contribution in [0.1, 0.15) is 29.8 Å². The van der Waals surface area contributed by atoms with Crippen molar-refractivity contribution in [2.45, 2.75) is 33.2 Å². The molecule has 0 saturated heterocycles. The number of aryl methyl sites for hydroxylation is 2. The van der Waals surface area contributed by atoms with E-state index in [1.165, 1.54) is 11.3 Å². The van der Waals surface area contributed by atoms with Gasteiger partial charge in [-0.1, -0.05) is 6.07 Å². The molecule has 3 aromatic rings. The maximum absolute atomic E-state index is 12.6. The van der Waals surface area contributed by atoms with E-state index in [1.807, 2.05) is 38.3 Å². The van der Waals surface area contributed by atoms with Gasteiger partial charge in [0, 0.05) is 24.4 Å². The Balaban J connectivity index is 1.99. The van der Waals surface area contributed by atoms with Gasteiger partial charge in [-0.3, -0.25) is 14.3 Å². The van der Waals surface area contributed by atoms with Crippen molar-refractivity contribution in [3.63, 3.8) is 0 Å². The number of hydrogen-bond donors (Lipinski definition) is 0. The number of thiophene rings is 1. The summed E-state index contributed by atoms with van der Waals surface area (Å²) in [7, 11) is 0. The Hall–Kier alpha value is -2.01. The van der Waals surface area contributed by atoms with Crippen LogP contribution in [-0.4, -0.2) is 14.5 Å². The number of pyridine rings is 1. The van der Waals surface area contributed by atoms with Crippen LogP contribution in [0.15, 0.2) is 34.8 Å². The van der Waals surface area contributed by atoms with Crippen LogP contribution >= 0.6 is 11.3 Å². The van der Waals surface area contributed by atoms with E-state index in [-0.39, 0.29) is 11.6 Å². The standard InChI is InChI=1S/C16H17N3OS/c1-10-5-4-6-17-13(10)7-12(3)19-9-18-14-11(2)8-21-15(14)16(19)20/h4-6,8-9,12H,7H2,1-3H3/t12-/m0/s1. The lowest BCUT2D eigenvalue weighted by molar-refractivity contribution is 0.517. The number of fused-ring (bicyclic) bond motifs is 1. The number of rotatable bonds is 3. The molecule has 0 aliphatic heterocycles. The van der Waals surface area contributed by atoms with E-state index in [0.717, 1.165) is 33.5 Å². The van der Waals surface area contributed by atoms with Gasteiger partial charge in [-0.05, 0) is 43.3 Å². The zero-order valence-corrected chi connectivity index (χ0v) is 13.1. The molecule has 5 heteroatoms. The summed E-state index contributed by atoms with van der Waals surface area (Å²) in [6.45, 7) is 6.06. The average Bonchev–Trinajstić information content (AvgIpc) is 2.84. The van der Waals surface area contributed by atoms with Crippen LogP contribution in [0.4, 0.5) is 0 Å². The van der Waals surface area contributed by atoms with Crippen molar-refractivity contribution in [1.29, 1.82) is 0 Å². The third-order valence-electron chi connectivity index (χ3n) is 3.76. The molecule has 0 radical (unpaired) electrons. The van der Waals surface area contributed by atoms with Crippen molar-refractivity contribution in [1.82, 2.24) is 14.5 Å². The first-order chi connectivity index (χ1) is 10.1. The Bertz CT molecular complexity index is 850. The fraction of sp³-hybridized carbons (Fsp3) is 0.312. The van der Waals surface area contributed by atoms with Crippen molar-refractivity contribution in [2.75, 3.05) is 0 Å². The van der Waals surface area contributed by atoms with Crippen molar-refractivity contribution >= 4 is 21.6 Å². The highest BCUT2D eigenvalue weighted by atomic mass is 32.1. The van der Waals surface area contributed by atoms with Crippen LogP contribution in [0, 0.1) is 13.8 Å². The summed E-state index contributed by atoms with van der Waals surface area (Å²) in [5.41, 5.74) is 4.10. The van der Waals surface area contributed by atoms with Crippen LogP contribution in [0.25, 0.3) is 10.2 Å². The second kappa shape index (κ2) is 5.41. The van der Waals surface area contributed by atoms with Gasteiger partial charge in [0.05, 0.1) is 11.8 Å². The Kier molecular flexibility index (Phi) is 3.59. The highest BCUT2D eigenvalue weighted by Gasteiger charge is 2.14. The first-order valence-corrected chi connectivity index (χ1v) is 7.81. The highest BCUT2D eigenvalue weighted by Crippen LogP contribution is 2.21. The molecule has 0 fully saturated rings. The number of hydrogen-bond acceptors (Lipinski definition) is 4. The Morgan fingerprint density at radius 3 is 2.86 bits per heavy atom. The van der Waals surface area contributed by atoms with Crippen molar-refractivity contribution in [3.05, 3.63) is 57.2 Å². The van der Waals surface area contributed by atoms with Crippen LogP contribution in [0.3, 0.4) is 0 Å². The van der Waals surface area contributed by atoms with E-state index in [9.17, 15) is 4.79 Å². The van der Waals surface area contributed by atoms with E-state index in [2.05, 4.69) is 9.97 Å². The van der Waals surface area contributed by atoms with E-state index >= 15 is 0 Å². The molecule has 0 aromatic carbocycles. The lowest BCUT2D eigenvalue weighted by Gasteiger charge is -2.15. The monoisotopic (exact) mass is 299 g/mol. The molecule has 21 heavy (non-hydrogen) atoms. The van der Waals surface area contributed by atoms with Crippen LogP contribution in [0.5, 0.6) is 0 Å². The molecule has 0 saturated carbocycles. The molecule has 108 valence electrons. The minimum Gasteiger partial charge on any atom is -0.295 e. The summed E-state index contributed by atoms with van der Waals surface area (Å²) in [6.07, 6.45) is 4.18. The summed E-state index contributed by atoms with van der Waals surface area (Å²) < 4.78 is 2.45. The molecule has 1 atom stereocenters. The molecule has 0 bridgehead atoms. The second-order valence-corrected chi connectivity index (χ2v) is 6.25. The van der Waals surface area contributed by atoms with Gasteiger partial charge < -0.3 is 0 Å². The van der Waals surface area contributed by atoms with E-state index in [0.29, 0.717) is 0 Å². The topological polar surface area (TPSA) is 47.8 Å². The predicted octanol–water partition coefficient (Wildman–Crippen LogP) is 3.27. The van der Waals surface area contributed by atoms with Crippen LogP contribution < -0.4 is 5.56 Å². The lowest BCUT2D eigenvalue weighted by atomic mass is 10.1. The highest BCUT2D eigenvalue weighted by molar-refractivity contribution is 7.17. The smallest absolute Gasteiger partial charge is 0.271 e. The molecular weight excluding hydrogens is 282 g/mol. The quantitative estimate of drug-likeness (QED) is 0.745. The van der Waals surface area contributed by atoms with Crippen molar-refractivity contribution in [2.24, 2.45) is 0 Å². The van der Waals surface area contributed by atoms with Crippen molar-refractivity contribution in [3.8, 4) is 0 Å². The maximum atomic E-state index is 12.6. The SMILES string of the molecule is Cc1cccnc1C[C@H](C)n1cnc2c(C)csc2c1=O. The fourth-order valence-electron chi connectivity index (χ4n) is 2.46. The normalized spacial score (nSPS) is 12.7. The predicted molar refractivity (Wildman–Crippen MR) is 86.0 cm³/mol. The molecule has 0 unspecified atom stereocenters. The first-order valence-electron chi connectivity index (χ1n) is 6.93. The maximum Gasteiger partial charge on any atom is 0.271 e. The fourth-order valence-corrected chi connectivity index (χ4v) is 3.40. The molecule has 0 aliphatic carbocycles. The van der Waals surface area contributed by atoms with Crippen LogP contribution in [0.2, 0.25) is 0 Å². The van der Waals surface area contributed by atoms with Gasteiger partial charge in [0.1, 0.15) is 4.70 Å². The third-order valence-corrected chi connectivity index (χ3v) is 4.84. The average molecular weight is 299 g/mol. The summed E-state index contributed by atoms with van der Waals surface area (Å²) >= 11 is 1.47. The number of nitrogens with zero attached hydrogens (tertiary/aromatic N) is 3. The first kappa shape index (κ1) is 13.9. The molecule has 0 spiro atoms. The molecule has 3 aromatic heterocycles. The summed E-state index contributed by atoms with van der Waals surface area (Å²) in [4.78, 5) is 21.4. The van der Waals surface area contributed by atoms with E-state index in [4.69, 9.17) is 0 Å². The molecular formula is C16H17N3OS. The van der Waals surface area contributed by atoms with E-state index in [1.54, 1.807) is 17.1 Å².